The second-order valence-corrected chi connectivity index (χ2v) is 9.14. The molecular weight excluding hydrogens is 426 g/mol. The summed E-state index contributed by atoms with van der Waals surface area (Å²) in [6, 6.07) is 7.15. The van der Waals surface area contributed by atoms with Crippen LogP contribution >= 0.6 is 0 Å². The van der Waals surface area contributed by atoms with Gasteiger partial charge in [0, 0.05) is 25.7 Å². The molecule has 1 aromatic carbocycles. The number of para-hydroxylation sites is 1. The minimum atomic E-state index is -0.768. The van der Waals surface area contributed by atoms with Gasteiger partial charge in [-0.05, 0) is 17.5 Å². The molecule has 0 bridgehead atoms. The molecule has 0 saturated carbocycles. The third-order valence-electron chi connectivity index (χ3n) is 5.45. The quantitative estimate of drug-likeness (QED) is 0.508. The molecule has 0 radical (unpaired) electrons. The van der Waals surface area contributed by atoms with Crippen LogP contribution in [0.4, 0.5) is 10.5 Å². The predicted octanol–water partition coefficient (Wildman–Crippen LogP) is 0.895. The van der Waals surface area contributed by atoms with Gasteiger partial charge in [0.1, 0.15) is 17.8 Å². The van der Waals surface area contributed by atoms with E-state index in [1.165, 1.54) is 16.6 Å². The summed E-state index contributed by atoms with van der Waals surface area (Å²) in [6.07, 6.45) is 1.03. The lowest BCUT2D eigenvalue weighted by molar-refractivity contribution is -0.144. The number of likely N-dealkylation sites (tertiary alicyclic amines) is 1. The Morgan fingerprint density at radius 2 is 1.91 bits per heavy atom. The van der Waals surface area contributed by atoms with E-state index < -0.39 is 29.6 Å². The van der Waals surface area contributed by atoms with Crippen molar-refractivity contribution >= 4 is 23.5 Å². The summed E-state index contributed by atoms with van der Waals surface area (Å²) in [4.78, 5) is 39.3. The SMILES string of the molecule is CNC(=O)C1CC(O)CN1C(=O)[C@@H](n1cc(CNC(=O)Nc2ccccc2)nn1)C(C)(C)C. The fourth-order valence-corrected chi connectivity index (χ4v) is 3.90. The first-order chi connectivity index (χ1) is 15.6. The molecular formula is C22H31N7O4. The number of nitrogens with zero attached hydrogens (tertiary/aromatic N) is 4. The lowest BCUT2D eigenvalue weighted by atomic mass is 9.85. The number of amides is 4. The number of urea groups is 1. The molecule has 0 aliphatic carbocycles. The molecule has 1 aromatic heterocycles. The van der Waals surface area contributed by atoms with Crippen LogP contribution in [-0.2, 0) is 16.1 Å². The fourth-order valence-electron chi connectivity index (χ4n) is 3.90. The summed E-state index contributed by atoms with van der Waals surface area (Å²) in [5.41, 5.74) is 0.584. The standard InChI is InChI=1S/C22H31N7O4/c1-22(2,3)18(20(32)28-13-16(30)10-17(28)19(31)23-4)29-12-15(26-27-29)11-24-21(33)25-14-8-6-5-7-9-14/h5-9,12,16-18,30H,10-11,13H2,1-4H3,(H,23,31)(H2,24,25,33)/t16?,17?,18-/m1/s1. The molecule has 1 aliphatic heterocycles. The Bertz CT molecular complexity index is 986. The van der Waals surface area contributed by atoms with E-state index in [1.54, 1.807) is 18.3 Å². The number of β-amino-alcohol motifs (C(OH)–C–C–N with tert-alkyl or cyclic N) is 1. The number of anilines is 1. The fraction of sp³-hybridized carbons (Fsp3) is 0.500. The van der Waals surface area contributed by atoms with E-state index in [0.717, 1.165) is 0 Å². The Balaban J connectivity index is 1.72. The molecule has 3 rings (SSSR count). The molecule has 1 aliphatic rings. The van der Waals surface area contributed by atoms with Crippen molar-refractivity contribution < 1.29 is 19.5 Å². The summed E-state index contributed by atoms with van der Waals surface area (Å²) < 4.78 is 1.46. The first-order valence-corrected chi connectivity index (χ1v) is 10.8. The maximum atomic E-state index is 13.5. The van der Waals surface area contributed by atoms with Gasteiger partial charge in [0.05, 0.1) is 18.8 Å². The molecule has 4 amide bonds. The number of aliphatic hydroxyl groups excluding tert-OH is 1. The van der Waals surface area contributed by atoms with E-state index in [0.29, 0.717) is 11.4 Å². The second kappa shape index (κ2) is 9.99. The van der Waals surface area contributed by atoms with Crippen LogP contribution in [0.5, 0.6) is 0 Å². The number of likely N-dealkylation sites (N-methyl/N-ethyl adjacent to an activating group) is 1. The van der Waals surface area contributed by atoms with E-state index in [1.807, 2.05) is 39.0 Å². The van der Waals surface area contributed by atoms with Crippen molar-refractivity contribution in [2.45, 2.75) is 51.9 Å². The smallest absolute Gasteiger partial charge is 0.319 e. The van der Waals surface area contributed by atoms with Crippen molar-refractivity contribution in [3.63, 3.8) is 0 Å². The number of carbonyl (C=O) groups excluding carboxylic acids is 3. The van der Waals surface area contributed by atoms with E-state index in [4.69, 9.17) is 0 Å². The molecule has 4 N–H and O–H groups in total. The topological polar surface area (TPSA) is 141 Å². The van der Waals surface area contributed by atoms with E-state index in [9.17, 15) is 19.5 Å². The van der Waals surface area contributed by atoms with Crippen LogP contribution in [0.1, 0.15) is 38.9 Å². The average Bonchev–Trinajstić information content (AvgIpc) is 3.38. The molecule has 11 heteroatoms. The highest BCUT2D eigenvalue weighted by Gasteiger charge is 2.44. The average molecular weight is 458 g/mol. The first kappa shape index (κ1) is 24.2. The van der Waals surface area contributed by atoms with Gasteiger partial charge in [0.25, 0.3) is 0 Å². The number of aromatic nitrogens is 3. The first-order valence-electron chi connectivity index (χ1n) is 10.8. The molecule has 1 saturated heterocycles. The van der Waals surface area contributed by atoms with Gasteiger partial charge in [-0.1, -0.05) is 44.2 Å². The molecule has 0 spiro atoms. The van der Waals surface area contributed by atoms with Crippen molar-refractivity contribution in [3.8, 4) is 0 Å². The largest absolute Gasteiger partial charge is 0.391 e. The highest BCUT2D eigenvalue weighted by molar-refractivity contribution is 5.90. The minimum absolute atomic E-state index is 0.0757. The van der Waals surface area contributed by atoms with Gasteiger partial charge in [-0.3, -0.25) is 9.59 Å². The van der Waals surface area contributed by atoms with Crippen molar-refractivity contribution in [3.05, 3.63) is 42.2 Å². The third kappa shape index (κ3) is 5.86. The maximum Gasteiger partial charge on any atom is 0.319 e. The summed E-state index contributed by atoms with van der Waals surface area (Å²) in [5.74, 6) is -0.639. The zero-order valence-corrected chi connectivity index (χ0v) is 19.3. The van der Waals surface area contributed by atoms with Gasteiger partial charge in [0.15, 0.2) is 0 Å². The third-order valence-corrected chi connectivity index (χ3v) is 5.45. The van der Waals surface area contributed by atoms with E-state index in [-0.39, 0.29) is 31.3 Å². The minimum Gasteiger partial charge on any atom is -0.391 e. The number of carbonyl (C=O) groups is 3. The Labute approximate surface area is 192 Å². The molecule has 2 unspecified atom stereocenters. The molecule has 3 atom stereocenters. The zero-order valence-electron chi connectivity index (χ0n) is 19.3. The molecule has 11 nitrogen and oxygen atoms in total. The van der Waals surface area contributed by atoms with E-state index >= 15 is 0 Å². The summed E-state index contributed by atoms with van der Waals surface area (Å²) in [5, 5.41) is 26.3. The Morgan fingerprint density at radius 1 is 1.21 bits per heavy atom. The summed E-state index contributed by atoms with van der Waals surface area (Å²) >= 11 is 0. The van der Waals surface area contributed by atoms with Crippen molar-refractivity contribution in [2.75, 3.05) is 18.9 Å². The number of rotatable bonds is 6. The van der Waals surface area contributed by atoms with Gasteiger partial charge >= 0.3 is 6.03 Å². The van der Waals surface area contributed by atoms with Crippen molar-refractivity contribution in [2.24, 2.45) is 5.41 Å². The monoisotopic (exact) mass is 457 g/mol. The van der Waals surface area contributed by atoms with Gasteiger partial charge in [-0.25, -0.2) is 9.48 Å². The number of benzene rings is 1. The Hall–Kier alpha value is -3.47. The van der Waals surface area contributed by atoms with Gasteiger partial charge in [0.2, 0.25) is 11.8 Å². The van der Waals surface area contributed by atoms with E-state index in [2.05, 4.69) is 26.3 Å². The number of aliphatic hydroxyl groups is 1. The van der Waals surface area contributed by atoms with Crippen LogP contribution in [-0.4, -0.2) is 68.6 Å². The van der Waals surface area contributed by atoms with Crippen molar-refractivity contribution in [1.82, 2.24) is 30.5 Å². The zero-order chi connectivity index (χ0) is 24.2. The molecule has 1 fully saturated rings. The number of nitrogens with one attached hydrogen (secondary N) is 3. The highest BCUT2D eigenvalue weighted by Crippen LogP contribution is 2.34. The Morgan fingerprint density at radius 3 is 2.55 bits per heavy atom. The maximum absolute atomic E-state index is 13.5. The van der Waals surface area contributed by atoms with Crippen LogP contribution < -0.4 is 16.0 Å². The van der Waals surface area contributed by atoms with Gasteiger partial charge in [-0.15, -0.1) is 5.10 Å². The molecule has 178 valence electrons. The van der Waals surface area contributed by atoms with Gasteiger partial charge in [-0.2, -0.15) is 0 Å². The molecule has 2 aromatic rings. The van der Waals surface area contributed by atoms with Crippen LogP contribution in [0.3, 0.4) is 0 Å². The number of hydrogen-bond acceptors (Lipinski definition) is 6. The highest BCUT2D eigenvalue weighted by atomic mass is 16.3. The molecule has 33 heavy (non-hydrogen) atoms. The predicted molar refractivity (Wildman–Crippen MR) is 121 cm³/mol. The van der Waals surface area contributed by atoms with Crippen LogP contribution in [0.25, 0.3) is 0 Å². The lowest BCUT2D eigenvalue weighted by Crippen LogP contribution is -2.49. The summed E-state index contributed by atoms with van der Waals surface area (Å²) in [6.45, 7) is 5.87. The number of hydrogen-bond donors (Lipinski definition) is 4. The normalized spacial score (nSPS) is 19.1. The van der Waals surface area contributed by atoms with Crippen LogP contribution in [0, 0.1) is 5.41 Å². The summed E-state index contributed by atoms with van der Waals surface area (Å²) in [7, 11) is 1.50. The van der Waals surface area contributed by atoms with Crippen molar-refractivity contribution in [1.29, 1.82) is 0 Å². The Kier molecular flexibility index (Phi) is 7.32. The van der Waals surface area contributed by atoms with Crippen LogP contribution in [0.2, 0.25) is 0 Å². The van der Waals surface area contributed by atoms with Crippen LogP contribution in [0.15, 0.2) is 36.5 Å². The van der Waals surface area contributed by atoms with Gasteiger partial charge < -0.3 is 26.0 Å². The lowest BCUT2D eigenvalue weighted by Gasteiger charge is -2.34. The molecule has 2 heterocycles. The second-order valence-electron chi connectivity index (χ2n) is 9.14.